The third-order valence-corrected chi connectivity index (χ3v) is 5.46. The molecule has 1 aliphatic rings. The van der Waals surface area contributed by atoms with Crippen molar-refractivity contribution in [2.75, 3.05) is 37.6 Å². The number of benzene rings is 1. The first-order valence-electron chi connectivity index (χ1n) is 8.86. The predicted octanol–water partition coefficient (Wildman–Crippen LogP) is 3.05. The highest BCUT2D eigenvalue weighted by Gasteiger charge is 2.23. The summed E-state index contributed by atoms with van der Waals surface area (Å²) in [5.74, 6) is 0.553. The van der Waals surface area contributed by atoms with Crippen LogP contribution in [0.3, 0.4) is 0 Å². The zero-order valence-electron chi connectivity index (χ0n) is 14.8. The second-order valence-corrected chi connectivity index (χ2v) is 7.03. The monoisotopic (exact) mass is 360 g/mol. The van der Waals surface area contributed by atoms with Gasteiger partial charge in [0.2, 0.25) is 0 Å². The van der Waals surface area contributed by atoms with Crippen molar-refractivity contribution in [3.05, 3.63) is 57.0 Å². The average molecular weight is 361 g/mol. The van der Waals surface area contributed by atoms with Gasteiger partial charge in [-0.05, 0) is 30.4 Å². The lowest BCUT2D eigenvalue weighted by Gasteiger charge is -2.37. The number of aromatic nitrogens is 2. The number of nitrogens with zero attached hydrogens (tertiary/aromatic N) is 3. The average Bonchev–Trinajstić information content (AvgIpc) is 2.63. The molecule has 6 heteroatoms. The van der Waals surface area contributed by atoms with Crippen molar-refractivity contribution in [2.24, 2.45) is 0 Å². The molecule has 1 aromatic heterocycles. The van der Waals surface area contributed by atoms with Crippen molar-refractivity contribution in [1.82, 2.24) is 15.1 Å². The molecule has 1 fully saturated rings. The van der Waals surface area contributed by atoms with Crippen LogP contribution in [0.1, 0.15) is 30.4 Å². The number of hydrogen-bond donors (Lipinski definition) is 1. The van der Waals surface area contributed by atoms with E-state index >= 15 is 0 Å². The Labute approximate surface area is 153 Å². The van der Waals surface area contributed by atoms with Crippen molar-refractivity contribution in [2.45, 2.75) is 26.2 Å². The maximum Gasteiger partial charge on any atom is 0.285 e. The number of hydrogen-bond acceptors (Lipinski definition) is 4. The molecular formula is C19H25ClN4O. The lowest BCUT2D eigenvalue weighted by atomic mass is 9.92. The van der Waals surface area contributed by atoms with Gasteiger partial charge in [-0.15, -0.1) is 0 Å². The quantitative estimate of drug-likeness (QED) is 0.890. The molecule has 0 unspecified atom stereocenters. The number of halogens is 1. The summed E-state index contributed by atoms with van der Waals surface area (Å²) in [6.45, 7) is 9.16. The highest BCUT2D eigenvalue weighted by molar-refractivity contribution is 6.32. The van der Waals surface area contributed by atoms with Gasteiger partial charge in [0.05, 0.1) is 11.9 Å². The fraction of sp³-hybridized carbons (Fsp3) is 0.474. The number of aryl methyl sites for hydroxylation is 1. The molecule has 2 heterocycles. The number of H-pyrrole nitrogens is 1. The van der Waals surface area contributed by atoms with Crippen LogP contribution < -0.4 is 10.5 Å². The van der Waals surface area contributed by atoms with Crippen LogP contribution in [0, 0.1) is 6.92 Å². The summed E-state index contributed by atoms with van der Waals surface area (Å²) in [7, 11) is 0. The van der Waals surface area contributed by atoms with Gasteiger partial charge in [-0.2, -0.15) is 5.10 Å². The van der Waals surface area contributed by atoms with E-state index in [1.807, 2.05) is 0 Å². The largest absolute Gasteiger partial charge is 0.366 e. The van der Waals surface area contributed by atoms with Crippen LogP contribution in [-0.4, -0.2) is 47.8 Å². The molecule has 5 nitrogen and oxygen atoms in total. The van der Waals surface area contributed by atoms with Crippen LogP contribution >= 0.6 is 11.6 Å². The Morgan fingerprint density at radius 2 is 1.96 bits per heavy atom. The van der Waals surface area contributed by atoms with Crippen LogP contribution in [0.4, 0.5) is 5.69 Å². The summed E-state index contributed by atoms with van der Waals surface area (Å²) in [5.41, 5.74) is 3.23. The summed E-state index contributed by atoms with van der Waals surface area (Å²) in [6, 6.07) is 8.67. The molecule has 3 rings (SSSR count). The van der Waals surface area contributed by atoms with Crippen LogP contribution in [0.25, 0.3) is 0 Å². The minimum absolute atomic E-state index is 0.231. The maximum atomic E-state index is 11.6. The Bertz CT molecular complexity index is 768. The van der Waals surface area contributed by atoms with Crippen molar-refractivity contribution in [3.63, 3.8) is 0 Å². The molecule has 1 aliphatic heterocycles. The first-order chi connectivity index (χ1) is 12.1. The van der Waals surface area contributed by atoms with E-state index in [9.17, 15) is 4.79 Å². The third-order valence-electron chi connectivity index (χ3n) is 5.09. The van der Waals surface area contributed by atoms with Gasteiger partial charge in [0.15, 0.2) is 0 Å². The van der Waals surface area contributed by atoms with Crippen molar-refractivity contribution >= 4 is 17.3 Å². The first-order valence-corrected chi connectivity index (χ1v) is 9.24. The number of anilines is 1. The predicted molar refractivity (Wildman–Crippen MR) is 103 cm³/mol. The maximum absolute atomic E-state index is 11.6. The molecule has 0 spiro atoms. The zero-order chi connectivity index (χ0) is 17.8. The van der Waals surface area contributed by atoms with Crippen LogP contribution in [0.15, 0.2) is 35.3 Å². The van der Waals surface area contributed by atoms with Crippen molar-refractivity contribution in [1.29, 1.82) is 0 Å². The van der Waals surface area contributed by atoms with E-state index in [4.69, 9.17) is 11.6 Å². The standard InChI is InChI=1S/C19H25ClN4O/c1-3-15(16-7-5-4-6-14(16)2)13-23-8-10-24(11-9-23)17-12-21-22-19(25)18(17)20/h4-7,12,15H,3,8-11,13H2,1-2H3,(H,22,25)/t15-/m1/s1. The Morgan fingerprint density at radius 3 is 2.64 bits per heavy atom. The number of piperazine rings is 1. The smallest absolute Gasteiger partial charge is 0.285 e. The summed E-state index contributed by atoms with van der Waals surface area (Å²) in [6.07, 6.45) is 2.77. The molecule has 1 N–H and O–H groups in total. The molecular weight excluding hydrogens is 336 g/mol. The van der Waals surface area contributed by atoms with Crippen molar-refractivity contribution in [3.8, 4) is 0 Å². The highest BCUT2D eigenvalue weighted by Crippen LogP contribution is 2.26. The topological polar surface area (TPSA) is 52.2 Å². The second-order valence-electron chi connectivity index (χ2n) is 6.65. The minimum Gasteiger partial charge on any atom is -0.366 e. The van der Waals surface area contributed by atoms with E-state index in [0.717, 1.165) is 44.8 Å². The summed E-state index contributed by atoms with van der Waals surface area (Å²) < 4.78 is 0. The first kappa shape index (κ1) is 18.0. The number of rotatable bonds is 5. The third kappa shape index (κ3) is 4.05. The van der Waals surface area contributed by atoms with Crippen LogP contribution in [-0.2, 0) is 0 Å². The highest BCUT2D eigenvalue weighted by atomic mass is 35.5. The van der Waals surface area contributed by atoms with E-state index in [2.05, 4.69) is 58.1 Å². The molecule has 2 aromatic rings. The minimum atomic E-state index is -0.327. The number of aromatic amines is 1. The summed E-state index contributed by atoms with van der Waals surface area (Å²) in [4.78, 5) is 16.3. The molecule has 0 bridgehead atoms. The second kappa shape index (κ2) is 8.02. The van der Waals surface area contributed by atoms with Gasteiger partial charge in [0.1, 0.15) is 5.02 Å². The van der Waals surface area contributed by atoms with E-state index in [1.54, 1.807) is 6.20 Å². The Morgan fingerprint density at radius 1 is 1.24 bits per heavy atom. The Kier molecular flexibility index (Phi) is 5.76. The molecule has 1 saturated heterocycles. The van der Waals surface area contributed by atoms with E-state index in [1.165, 1.54) is 11.1 Å². The van der Waals surface area contributed by atoms with Gasteiger partial charge >= 0.3 is 0 Å². The van der Waals surface area contributed by atoms with Crippen LogP contribution in [0.2, 0.25) is 5.02 Å². The van der Waals surface area contributed by atoms with Gasteiger partial charge in [-0.1, -0.05) is 42.8 Å². The fourth-order valence-electron chi connectivity index (χ4n) is 3.57. The zero-order valence-corrected chi connectivity index (χ0v) is 15.6. The molecule has 134 valence electrons. The molecule has 0 radical (unpaired) electrons. The number of nitrogens with one attached hydrogen (secondary N) is 1. The summed E-state index contributed by atoms with van der Waals surface area (Å²) >= 11 is 6.13. The van der Waals surface area contributed by atoms with Gasteiger partial charge in [-0.3, -0.25) is 9.69 Å². The molecule has 1 aromatic carbocycles. The molecule has 0 amide bonds. The lowest BCUT2D eigenvalue weighted by Crippen LogP contribution is -2.48. The van der Waals surface area contributed by atoms with Gasteiger partial charge in [0, 0.05) is 32.7 Å². The Hall–Kier alpha value is -1.85. The van der Waals surface area contributed by atoms with E-state index < -0.39 is 0 Å². The van der Waals surface area contributed by atoms with Gasteiger partial charge in [-0.25, -0.2) is 5.10 Å². The molecule has 0 saturated carbocycles. The SMILES string of the molecule is CC[C@H](CN1CCN(c2cn[nH]c(=O)c2Cl)CC1)c1ccccc1C. The summed E-state index contributed by atoms with van der Waals surface area (Å²) in [5, 5.41) is 6.47. The van der Waals surface area contributed by atoms with E-state index in [0.29, 0.717) is 5.92 Å². The Balaban J connectivity index is 1.63. The van der Waals surface area contributed by atoms with Crippen LogP contribution in [0.5, 0.6) is 0 Å². The normalized spacial score (nSPS) is 16.8. The van der Waals surface area contributed by atoms with E-state index in [-0.39, 0.29) is 10.6 Å². The lowest BCUT2D eigenvalue weighted by molar-refractivity contribution is 0.240. The molecule has 1 atom stereocenters. The fourth-order valence-corrected chi connectivity index (χ4v) is 3.78. The molecule has 0 aliphatic carbocycles. The molecule has 25 heavy (non-hydrogen) atoms. The van der Waals surface area contributed by atoms with Gasteiger partial charge in [0.25, 0.3) is 5.56 Å². The van der Waals surface area contributed by atoms with Gasteiger partial charge < -0.3 is 4.90 Å². The van der Waals surface area contributed by atoms with Crippen molar-refractivity contribution < 1.29 is 0 Å².